The number of methoxy groups -OCH3 is 3. The normalized spacial score (nSPS) is 12.7. The molecule has 1 atom stereocenters. The summed E-state index contributed by atoms with van der Waals surface area (Å²) in [5.74, 6) is -2.06. The quantitative estimate of drug-likeness (QED) is 0.284. The molecule has 0 N–H and O–H groups in total. The summed E-state index contributed by atoms with van der Waals surface area (Å²) in [4.78, 5) is 11.5. The van der Waals surface area contributed by atoms with Gasteiger partial charge >= 0.3 is 11.9 Å². The lowest BCUT2D eigenvalue weighted by molar-refractivity contribution is -0.377. The van der Waals surface area contributed by atoms with Crippen LogP contribution in [-0.4, -0.2) is 49.6 Å². The first-order valence-corrected chi connectivity index (χ1v) is 6.40. The first-order valence-electron chi connectivity index (χ1n) is 4.99. The Balaban J connectivity index is 0. The predicted octanol–water partition coefficient (Wildman–Crippen LogP) is -0.0362. The van der Waals surface area contributed by atoms with Crippen molar-refractivity contribution in [3.8, 4) is 0 Å². The van der Waals surface area contributed by atoms with Gasteiger partial charge in [-0.15, -0.1) is 0 Å². The van der Waals surface area contributed by atoms with Crippen molar-refractivity contribution >= 4 is 29.7 Å². The van der Waals surface area contributed by atoms with Gasteiger partial charge in [-0.1, -0.05) is 6.58 Å². The van der Waals surface area contributed by atoms with Crippen LogP contribution in [0.15, 0.2) is 12.2 Å². The molecule has 0 aliphatic carbocycles. The Morgan fingerprint density at radius 2 is 1.82 bits per heavy atom. The van der Waals surface area contributed by atoms with E-state index in [9.17, 15) is 4.79 Å². The maximum absolute atomic E-state index is 11.5. The summed E-state index contributed by atoms with van der Waals surface area (Å²) in [7, 11) is 5.19. The monoisotopic (exact) mass is 282 g/mol. The van der Waals surface area contributed by atoms with Crippen LogP contribution in [0.3, 0.4) is 0 Å². The highest BCUT2D eigenvalue weighted by Crippen LogP contribution is 2.24. The van der Waals surface area contributed by atoms with Crippen LogP contribution in [-0.2, 0) is 23.7 Å². The molecule has 0 aromatic rings. The highest BCUT2D eigenvalue weighted by Gasteiger charge is 2.43. The Morgan fingerprint density at radius 1 is 1.35 bits per heavy atom. The molecule has 0 radical (unpaired) electrons. The van der Waals surface area contributed by atoms with E-state index in [1.54, 1.807) is 6.92 Å². The first-order chi connectivity index (χ1) is 7.47. The van der Waals surface area contributed by atoms with E-state index < -0.39 is 18.0 Å². The van der Waals surface area contributed by atoms with Crippen molar-refractivity contribution in [2.75, 3.05) is 21.3 Å². The molecule has 0 aromatic carbocycles. The number of carbonyl (C=O) groups excluding carboxylic acids is 1. The summed E-state index contributed by atoms with van der Waals surface area (Å²) in [5.41, 5.74) is 0.279. The minimum Gasteiger partial charge on any atom is -0.402 e. The maximum Gasteiger partial charge on any atom is 0.356 e. The van der Waals surface area contributed by atoms with E-state index in [0.29, 0.717) is 6.04 Å². The number of hydrogen-bond donors (Lipinski definition) is 0. The molecule has 0 heterocycles. The highest BCUT2D eigenvalue weighted by atomic mass is 32.1. The first kappa shape index (κ1) is 19.0. The van der Waals surface area contributed by atoms with Gasteiger partial charge in [0.2, 0.25) is 0 Å². The van der Waals surface area contributed by atoms with Crippen molar-refractivity contribution in [2.24, 2.45) is 0 Å². The summed E-state index contributed by atoms with van der Waals surface area (Å²) < 4.78 is 20.6. The zero-order valence-electron chi connectivity index (χ0n) is 11.0. The molecular formula is C10H22O5SSi. The number of carbonyl (C=O) groups is 1. The summed E-state index contributed by atoms with van der Waals surface area (Å²) in [5, 5.41) is 0. The Kier molecular flexibility index (Phi) is 9.73. The minimum absolute atomic E-state index is 0. The molecule has 0 bridgehead atoms. The SMILES string of the molecule is C=C(C)C(=O)OC(OC)(OC)C(C[SiH3])OC.S. The van der Waals surface area contributed by atoms with Gasteiger partial charge in [-0.25, -0.2) is 4.79 Å². The lowest BCUT2D eigenvalue weighted by atomic mass is 10.3. The molecule has 5 nitrogen and oxygen atoms in total. The van der Waals surface area contributed by atoms with Crippen molar-refractivity contribution < 1.29 is 23.7 Å². The second-order valence-corrected chi connectivity index (χ2v) is 4.13. The molecule has 0 aliphatic heterocycles. The number of rotatable bonds is 7. The Labute approximate surface area is 112 Å². The molecule has 102 valence electrons. The fraction of sp³-hybridized carbons (Fsp3) is 0.700. The fourth-order valence-corrected chi connectivity index (χ4v) is 2.11. The van der Waals surface area contributed by atoms with Crippen LogP contribution in [0.5, 0.6) is 0 Å². The van der Waals surface area contributed by atoms with Gasteiger partial charge in [-0.3, -0.25) is 0 Å². The molecule has 0 aromatic heterocycles. The van der Waals surface area contributed by atoms with Gasteiger partial charge in [-0.2, -0.15) is 13.5 Å². The molecule has 0 fully saturated rings. The summed E-state index contributed by atoms with van der Waals surface area (Å²) >= 11 is 0. The van der Waals surface area contributed by atoms with Crippen LogP contribution in [0, 0.1) is 0 Å². The van der Waals surface area contributed by atoms with E-state index in [1.165, 1.54) is 21.3 Å². The van der Waals surface area contributed by atoms with E-state index in [4.69, 9.17) is 18.9 Å². The average Bonchev–Trinajstić information content (AvgIpc) is 2.28. The Morgan fingerprint density at radius 3 is 2.06 bits per heavy atom. The molecule has 0 aliphatic rings. The molecule has 0 amide bonds. The third-order valence-corrected chi connectivity index (χ3v) is 2.94. The number of hydrogen-bond acceptors (Lipinski definition) is 5. The van der Waals surface area contributed by atoms with Crippen molar-refractivity contribution in [2.45, 2.75) is 25.0 Å². The van der Waals surface area contributed by atoms with E-state index in [0.717, 1.165) is 10.2 Å². The lowest BCUT2D eigenvalue weighted by Gasteiger charge is -2.35. The van der Waals surface area contributed by atoms with Crippen LogP contribution in [0.4, 0.5) is 0 Å². The Hall–Kier alpha value is -0.343. The second kappa shape index (κ2) is 8.70. The molecule has 0 saturated carbocycles. The molecule has 17 heavy (non-hydrogen) atoms. The van der Waals surface area contributed by atoms with Gasteiger partial charge < -0.3 is 18.9 Å². The highest BCUT2D eigenvalue weighted by molar-refractivity contribution is 7.59. The number of ether oxygens (including phenoxy) is 4. The van der Waals surface area contributed by atoms with E-state index in [-0.39, 0.29) is 19.1 Å². The predicted molar refractivity (Wildman–Crippen MR) is 73.6 cm³/mol. The van der Waals surface area contributed by atoms with Gasteiger partial charge in [0.15, 0.2) is 0 Å². The zero-order chi connectivity index (χ0) is 12.8. The molecule has 0 spiro atoms. The molecule has 0 rings (SSSR count). The zero-order valence-corrected chi connectivity index (χ0v) is 14.0. The van der Waals surface area contributed by atoms with Crippen molar-refractivity contribution in [3.63, 3.8) is 0 Å². The van der Waals surface area contributed by atoms with Gasteiger partial charge in [0.05, 0.1) is 0 Å². The van der Waals surface area contributed by atoms with E-state index in [2.05, 4.69) is 6.58 Å². The summed E-state index contributed by atoms with van der Waals surface area (Å²) in [6, 6.07) is 0.710. The van der Waals surface area contributed by atoms with E-state index in [1.807, 2.05) is 0 Å². The summed E-state index contributed by atoms with van der Waals surface area (Å²) in [6.45, 7) is 5.06. The largest absolute Gasteiger partial charge is 0.402 e. The van der Waals surface area contributed by atoms with Crippen LogP contribution in [0.25, 0.3) is 0 Å². The van der Waals surface area contributed by atoms with Crippen molar-refractivity contribution in [1.29, 1.82) is 0 Å². The van der Waals surface area contributed by atoms with Gasteiger partial charge in [0, 0.05) is 37.1 Å². The minimum atomic E-state index is -1.49. The summed E-state index contributed by atoms with van der Waals surface area (Å²) in [6.07, 6.45) is -0.447. The molecule has 7 heteroatoms. The van der Waals surface area contributed by atoms with Gasteiger partial charge in [0.1, 0.15) is 6.10 Å². The number of esters is 1. The Bertz CT molecular complexity index is 251. The fourth-order valence-electron chi connectivity index (χ4n) is 1.27. The second-order valence-electron chi connectivity index (χ2n) is 3.31. The third kappa shape index (κ3) is 4.80. The molecule has 1 unspecified atom stereocenters. The third-order valence-electron chi connectivity index (χ3n) is 2.20. The lowest BCUT2D eigenvalue weighted by Crippen LogP contribution is -2.50. The standard InChI is InChI=1S/C10H20O5Si.H2S/c1-7(2)9(11)15-10(13-4,14-5)8(6-16)12-3;/h8H,1,6H2,2-5,16H3;1H2. The van der Waals surface area contributed by atoms with Crippen molar-refractivity contribution in [1.82, 2.24) is 0 Å². The molecular weight excluding hydrogens is 260 g/mol. The smallest absolute Gasteiger partial charge is 0.356 e. The van der Waals surface area contributed by atoms with E-state index >= 15 is 0 Å². The average molecular weight is 282 g/mol. The van der Waals surface area contributed by atoms with Crippen LogP contribution in [0.2, 0.25) is 6.04 Å². The molecule has 0 saturated heterocycles. The van der Waals surface area contributed by atoms with Gasteiger partial charge in [0.25, 0.3) is 0 Å². The van der Waals surface area contributed by atoms with Crippen LogP contribution >= 0.6 is 13.5 Å². The van der Waals surface area contributed by atoms with Crippen LogP contribution < -0.4 is 0 Å². The van der Waals surface area contributed by atoms with Crippen molar-refractivity contribution in [3.05, 3.63) is 12.2 Å². The van der Waals surface area contributed by atoms with Crippen LogP contribution in [0.1, 0.15) is 6.92 Å². The van der Waals surface area contributed by atoms with Gasteiger partial charge in [-0.05, 0) is 13.0 Å². The maximum atomic E-state index is 11.5. The topological polar surface area (TPSA) is 54.0 Å².